The van der Waals surface area contributed by atoms with Crippen LogP contribution >= 0.6 is 11.6 Å². The van der Waals surface area contributed by atoms with E-state index in [1.807, 2.05) is 0 Å². The number of aliphatic hydroxyl groups is 1. The largest absolute Gasteiger partial charge is 0.389 e. The van der Waals surface area contributed by atoms with Gasteiger partial charge in [0.25, 0.3) is 0 Å². The molecule has 106 valence electrons. The zero-order valence-corrected chi connectivity index (χ0v) is 12.3. The summed E-state index contributed by atoms with van der Waals surface area (Å²) in [6, 6.07) is 4.76. The number of hydrogen-bond acceptors (Lipinski definition) is 4. The topological polar surface area (TPSA) is 66.8 Å². The van der Waals surface area contributed by atoms with E-state index in [2.05, 4.69) is 0 Å². The van der Waals surface area contributed by atoms with Crippen LogP contribution in [-0.4, -0.2) is 50.2 Å². The van der Waals surface area contributed by atoms with Gasteiger partial charge in [0.05, 0.1) is 17.1 Å². The van der Waals surface area contributed by atoms with Crippen LogP contribution < -0.4 is 0 Å². The summed E-state index contributed by atoms with van der Waals surface area (Å²) in [4.78, 5) is 0.170. The molecule has 7 heteroatoms. The molecule has 1 fully saturated rings. The number of ether oxygens (including phenoxy) is 1. The lowest BCUT2D eigenvalue weighted by Crippen LogP contribution is -2.30. The van der Waals surface area contributed by atoms with Crippen LogP contribution in [0.1, 0.15) is 5.56 Å². The molecular weight excluding hydrogens is 290 g/mol. The van der Waals surface area contributed by atoms with Crippen LogP contribution in [-0.2, 0) is 14.8 Å². The Hall–Kier alpha value is -0.660. The highest BCUT2D eigenvalue weighted by Gasteiger charge is 2.39. The highest BCUT2D eigenvalue weighted by molar-refractivity contribution is 7.89. The monoisotopic (exact) mass is 305 g/mol. The Morgan fingerprint density at radius 3 is 2.68 bits per heavy atom. The van der Waals surface area contributed by atoms with Crippen molar-refractivity contribution in [3.05, 3.63) is 28.8 Å². The molecule has 19 heavy (non-hydrogen) atoms. The predicted molar refractivity (Wildman–Crippen MR) is 71.8 cm³/mol. The van der Waals surface area contributed by atoms with Gasteiger partial charge in [-0.1, -0.05) is 17.7 Å². The van der Waals surface area contributed by atoms with E-state index in [1.54, 1.807) is 19.1 Å². The van der Waals surface area contributed by atoms with Gasteiger partial charge in [-0.05, 0) is 24.6 Å². The fourth-order valence-electron chi connectivity index (χ4n) is 2.16. The summed E-state index contributed by atoms with van der Waals surface area (Å²) in [5.41, 5.74) is 0.513. The number of methoxy groups -OCH3 is 1. The Balaban J connectivity index is 2.36. The van der Waals surface area contributed by atoms with E-state index in [4.69, 9.17) is 16.3 Å². The average molecular weight is 306 g/mol. The molecule has 0 aliphatic carbocycles. The first-order chi connectivity index (χ1) is 8.87. The van der Waals surface area contributed by atoms with Gasteiger partial charge >= 0.3 is 0 Å². The number of hydrogen-bond donors (Lipinski definition) is 1. The van der Waals surface area contributed by atoms with Gasteiger partial charge in [-0.2, -0.15) is 4.31 Å². The average Bonchev–Trinajstić information content (AvgIpc) is 2.74. The molecule has 0 bridgehead atoms. The lowest BCUT2D eigenvalue weighted by Gasteiger charge is -2.17. The minimum Gasteiger partial charge on any atom is -0.389 e. The first-order valence-electron chi connectivity index (χ1n) is 5.84. The van der Waals surface area contributed by atoms with Gasteiger partial charge in [0.1, 0.15) is 0 Å². The summed E-state index contributed by atoms with van der Waals surface area (Å²) in [5.74, 6) is 0. The third-order valence-corrected chi connectivity index (χ3v) is 5.73. The number of rotatable bonds is 3. The minimum atomic E-state index is -3.66. The van der Waals surface area contributed by atoms with Gasteiger partial charge in [0.2, 0.25) is 10.0 Å². The van der Waals surface area contributed by atoms with Gasteiger partial charge in [-0.15, -0.1) is 0 Å². The maximum atomic E-state index is 12.5. The maximum Gasteiger partial charge on any atom is 0.243 e. The molecule has 1 aliphatic heterocycles. The number of halogens is 1. The molecule has 5 nitrogen and oxygen atoms in total. The quantitative estimate of drug-likeness (QED) is 0.906. The lowest BCUT2D eigenvalue weighted by molar-refractivity contribution is 0.0216. The van der Waals surface area contributed by atoms with Crippen LogP contribution in [0, 0.1) is 6.92 Å². The van der Waals surface area contributed by atoms with E-state index in [1.165, 1.54) is 17.5 Å². The van der Waals surface area contributed by atoms with Crippen molar-refractivity contribution in [1.82, 2.24) is 4.31 Å². The second kappa shape index (κ2) is 5.38. The van der Waals surface area contributed by atoms with E-state index in [9.17, 15) is 13.5 Å². The van der Waals surface area contributed by atoms with Gasteiger partial charge in [0, 0.05) is 25.2 Å². The Labute approximate surface area is 117 Å². The SMILES string of the molecule is CO[C@H]1CN(S(=O)(=O)c2cccc(Cl)c2C)C[C@@H]1O. The van der Waals surface area contributed by atoms with E-state index in [-0.39, 0.29) is 18.0 Å². The smallest absolute Gasteiger partial charge is 0.243 e. The summed E-state index contributed by atoms with van der Waals surface area (Å²) in [6.07, 6.45) is -1.30. The summed E-state index contributed by atoms with van der Waals surface area (Å²) in [5, 5.41) is 10.1. The van der Waals surface area contributed by atoms with Crippen LogP contribution in [0.25, 0.3) is 0 Å². The number of nitrogens with zero attached hydrogens (tertiary/aromatic N) is 1. The summed E-state index contributed by atoms with van der Waals surface area (Å²) in [6.45, 7) is 1.84. The fourth-order valence-corrected chi connectivity index (χ4v) is 4.11. The minimum absolute atomic E-state index is 0.0345. The third-order valence-electron chi connectivity index (χ3n) is 3.34. The molecule has 1 aromatic rings. The summed E-state index contributed by atoms with van der Waals surface area (Å²) >= 11 is 5.95. The lowest BCUT2D eigenvalue weighted by atomic mass is 10.2. The normalized spacial score (nSPS) is 24.8. The number of aliphatic hydroxyl groups excluding tert-OH is 1. The summed E-state index contributed by atoms with van der Waals surface area (Å²) in [7, 11) is -2.21. The zero-order chi connectivity index (χ0) is 14.2. The standard InChI is InChI=1S/C12H16ClNO4S/c1-8-9(13)4-3-5-12(8)19(16,17)14-6-10(15)11(7-14)18-2/h3-5,10-11,15H,6-7H2,1-2H3/t10-,11-/m0/s1. The molecule has 0 saturated carbocycles. The van der Waals surface area contributed by atoms with Crippen molar-refractivity contribution in [2.75, 3.05) is 20.2 Å². The number of benzene rings is 1. The maximum absolute atomic E-state index is 12.5. The molecule has 0 aromatic heterocycles. The molecule has 0 spiro atoms. The van der Waals surface area contributed by atoms with Crippen molar-refractivity contribution in [2.45, 2.75) is 24.0 Å². The molecule has 1 aromatic carbocycles. The first-order valence-corrected chi connectivity index (χ1v) is 7.66. The first kappa shape index (κ1) is 14.7. The second-order valence-corrected chi connectivity index (χ2v) is 6.84. The number of sulfonamides is 1. The Morgan fingerprint density at radius 1 is 1.42 bits per heavy atom. The van der Waals surface area contributed by atoms with Crippen LogP contribution in [0.2, 0.25) is 5.02 Å². The van der Waals surface area contributed by atoms with Crippen molar-refractivity contribution >= 4 is 21.6 Å². The molecule has 2 atom stereocenters. The fraction of sp³-hybridized carbons (Fsp3) is 0.500. The van der Waals surface area contributed by atoms with Crippen molar-refractivity contribution in [3.8, 4) is 0 Å². The van der Waals surface area contributed by atoms with Crippen molar-refractivity contribution < 1.29 is 18.3 Å². The Kier molecular flexibility index (Phi) is 4.17. The third kappa shape index (κ3) is 2.64. The molecule has 1 heterocycles. The van der Waals surface area contributed by atoms with Gasteiger partial charge < -0.3 is 9.84 Å². The molecule has 0 radical (unpaired) electrons. The highest BCUT2D eigenvalue weighted by Crippen LogP contribution is 2.28. The van der Waals surface area contributed by atoms with E-state index >= 15 is 0 Å². The number of β-amino-alcohol motifs (C(OH)–C–C–N with tert-alkyl or cyclic N) is 1. The van der Waals surface area contributed by atoms with Crippen LogP contribution in [0.5, 0.6) is 0 Å². The molecule has 1 saturated heterocycles. The molecule has 0 amide bonds. The van der Waals surface area contributed by atoms with E-state index in [0.717, 1.165) is 0 Å². The van der Waals surface area contributed by atoms with Crippen molar-refractivity contribution in [3.63, 3.8) is 0 Å². The van der Waals surface area contributed by atoms with Gasteiger partial charge in [-0.25, -0.2) is 8.42 Å². The highest BCUT2D eigenvalue weighted by atomic mass is 35.5. The van der Waals surface area contributed by atoms with Crippen LogP contribution in [0.3, 0.4) is 0 Å². The zero-order valence-electron chi connectivity index (χ0n) is 10.7. The van der Waals surface area contributed by atoms with E-state index in [0.29, 0.717) is 10.6 Å². The van der Waals surface area contributed by atoms with Gasteiger partial charge in [0.15, 0.2) is 0 Å². The summed E-state index contributed by atoms with van der Waals surface area (Å²) < 4.78 is 31.3. The van der Waals surface area contributed by atoms with Crippen molar-refractivity contribution in [1.29, 1.82) is 0 Å². The van der Waals surface area contributed by atoms with E-state index < -0.39 is 22.2 Å². The second-order valence-electron chi connectivity index (χ2n) is 4.53. The molecule has 2 rings (SSSR count). The van der Waals surface area contributed by atoms with Crippen LogP contribution in [0.15, 0.2) is 23.1 Å². The molecule has 1 N–H and O–H groups in total. The molecular formula is C12H16ClNO4S. The molecule has 1 aliphatic rings. The predicted octanol–water partition coefficient (Wildman–Crippen LogP) is 1.03. The molecule has 0 unspecified atom stereocenters. The van der Waals surface area contributed by atoms with Crippen LogP contribution in [0.4, 0.5) is 0 Å². The van der Waals surface area contributed by atoms with Gasteiger partial charge in [-0.3, -0.25) is 0 Å². The van der Waals surface area contributed by atoms with Crippen molar-refractivity contribution in [2.24, 2.45) is 0 Å². The Bertz CT molecular complexity index is 575. The Morgan fingerprint density at radius 2 is 2.11 bits per heavy atom.